The molecule has 2 aliphatic rings. The first-order chi connectivity index (χ1) is 16.7. The van der Waals surface area contributed by atoms with Gasteiger partial charge in [-0.05, 0) is 83.3 Å². The number of benzene rings is 3. The minimum atomic E-state index is -0.112. The van der Waals surface area contributed by atoms with E-state index < -0.39 is 0 Å². The summed E-state index contributed by atoms with van der Waals surface area (Å²) in [6, 6.07) is 25.5. The largest absolute Gasteiger partial charge is 0.508 e. The third-order valence-electron chi connectivity index (χ3n) is 7.34. The number of phenolic OH excluding ortho intramolecular Hbond substituents is 1. The van der Waals surface area contributed by atoms with Crippen molar-refractivity contribution in [2.45, 2.75) is 32.0 Å². The Kier molecular flexibility index (Phi) is 6.70. The molecule has 0 amide bonds. The highest BCUT2D eigenvalue weighted by Crippen LogP contribution is 2.42. The lowest BCUT2D eigenvalue weighted by Gasteiger charge is -2.36. The van der Waals surface area contributed by atoms with Crippen LogP contribution in [0, 0.1) is 5.92 Å². The van der Waals surface area contributed by atoms with Crippen LogP contribution in [0.5, 0.6) is 5.75 Å². The average molecular weight is 456 g/mol. The standard InChI is InChI=1S/C30H33NO3/c1-33-30(34-2)23-16-18-31(19-17-23)25-11-8-22(9-12-25)29-27(21-6-4-3-5-7-21)14-10-24-20-26(32)13-15-28(24)29/h3-9,11-13,15,20,23,30,32H,10,14,16-19H2,1-2H3. The van der Waals surface area contributed by atoms with Crippen LogP contribution in [0.1, 0.15) is 41.5 Å². The van der Waals surface area contributed by atoms with Crippen LogP contribution in [-0.4, -0.2) is 38.7 Å². The summed E-state index contributed by atoms with van der Waals surface area (Å²) in [5, 5.41) is 10.1. The predicted octanol–water partition coefficient (Wildman–Crippen LogP) is 6.13. The highest BCUT2D eigenvalue weighted by molar-refractivity contribution is 6.01. The molecule has 1 aliphatic carbocycles. The Labute approximate surface area is 202 Å². The first-order valence-electron chi connectivity index (χ1n) is 12.2. The number of fused-ring (bicyclic) bond motifs is 1. The number of ether oxygens (including phenoxy) is 2. The van der Waals surface area contributed by atoms with Crippen molar-refractivity contribution >= 4 is 16.8 Å². The molecule has 34 heavy (non-hydrogen) atoms. The lowest BCUT2D eigenvalue weighted by Crippen LogP contribution is -2.39. The van der Waals surface area contributed by atoms with Gasteiger partial charge in [0.15, 0.2) is 6.29 Å². The Balaban J connectivity index is 1.45. The fourth-order valence-electron chi connectivity index (χ4n) is 5.59. The van der Waals surface area contributed by atoms with Gasteiger partial charge in [-0.15, -0.1) is 0 Å². The number of aryl methyl sites for hydroxylation is 1. The van der Waals surface area contributed by atoms with Crippen LogP contribution in [0.15, 0.2) is 72.8 Å². The molecule has 5 rings (SSSR count). The quantitative estimate of drug-likeness (QED) is 0.454. The van der Waals surface area contributed by atoms with Gasteiger partial charge in [-0.3, -0.25) is 0 Å². The number of piperidine rings is 1. The summed E-state index contributed by atoms with van der Waals surface area (Å²) in [6.45, 7) is 2.01. The summed E-state index contributed by atoms with van der Waals surface area (Å²) in [5.41, 5.74) is 8.85. The van der Waals surface area contributed by atoms with Gasteiger partial charge in [0.2, 0.25) is 0 Å². The Hall–Kier alpha value is -3.08. The minimum Gasteiger partial charge on any atom is -0.508 e. The molecule has 1 saturated heterocycles. The van der Waals surface area contributed by atoms with Crippen molar-refractivity contribution in [1.29, 1.82) is 0 Å². The Bertz CT molecular complexity index is 1140. The molecular formula is C30H33NO3. The molecule has 0 spiro atoms. The predicted molar refractivity (Wildman–Crippen MR) is 138 cm³/mol. The fourth-order valence-corrected chi connectivity index (χ4v) is 5.59. The highest BCUT2D eigenvalue weighted by Gasteiger charge is 2.27. The molecule has 176 valence electrons. The van der Waals surface area contributed by atoms with E-state index in [-0.39, 0.29) is 6.29 Å². The van der Waals surface area contributed by atoms with Gasteiger partial charge in [-0.25, -0.2) is 0 Å². The maximum atomic E-state index is 10.1. The van der Waals surface area contributed by atoms with Crippen LogP contribution in [0.3, 0.4) is 0 Å². The highest BCUT2D eigenvalue weighted by atomic mass is 16.7. The molecule has 3 aromatic carbocycles. The number of phenols is 1. The van der Waals surface area contributed by atoms with E-state index in [1.165, 1.54) is 39.1 Å². The Morgan fingerprint density at radius 3 is 2.21 bits per heavy atom. The molecule has 0 radical (unpaired) electrons. The van der Waals surface area contributed by atoms with Crippen LogP contribution in [0.4, 0.5) is 5.69 Å². The molecule has 0 unspecified atom stereocenters. The molecule has 0 atom stereocenters. The van der Waals surface area contributed by atoms with E-state index in [4.69, 9.17) is 9.47 Å². The Morgan fingerprint density at radius 2 is 1.53 bits per heavy atom. The molecule has 0 saturated carbocycles. The summed E-state index contributed by atoms with van der Waals surface area (Å²) in [6.07, 6.45) is 3.92. The number of rotatable bonds is 6. The maximum Gasteiger partial charge on any atom is 0.159 e. The normalized spacial score (nSPS) is 16.7. The van der Waals surface area contributed by atoms with Crippen molar-refractivity contribution in [3.63, 3.8) is 0 Å². The van der Waals surface area contributed by atoms with Gasteiger partial charge in [-0.1, -0.05) is 48.5 Å². The molecule has 0 bridgehead atoms. The van der Waals surface area contributed by atoms with Crippen LogP contribution in [0.25, 0.3) is 11.1 Å². The average Bonchev–Trinajstić information content (AvgIpc) is 2.90. The summed E-state index contributed by atoms with van der Waals surface area (Å²) in [5.74, 6) is 0.781. The van der Waals surface area contributed by atoms with E-state index in [1.54, 1.807) is 20.3 Å². The van der Waals surface area contributed by atoms with E-state index >= 15 is 0 Å². The molecule has 4 heteroatoms. The first-order valence-corrected chi connectivity index (χ1v) is 12.2. The van der Waals surface area contributed by atoms with E-state index in [1.807, 2.05) is 6.07 Å². The number of allylic oxidation sites excluding steroid dienone is 1. The zero-order valence-corrected chi connectivity index (χ0v) is 20.0. The lowest BCUT2D eigenvalue weighted by atomic mass is 9.79. The number of anilines is 1. The van der Waals surface area contributed by atoms with Gasteiger partial charge in [-0.2, -0.15) is 0 Å². The van der Waals surface area contributed by atoms with E-state index in [0.717, 1.165) is 38.8 Å². The van der Waals surface area contributed by atoms with Crippen LogP contribution in [-0.2, 0) is 15.9 Å². The number of aromatic hydroxyl groups is 1. The van der Waals surface area contributed by atoms with Gasteiger partial charge < -0.3 is 19.5 Å². The van der Waals surface area contributed by atoms with Gasteiger partial charge in [0.05, 0.1) is 0 Å². The minimum absolute atomic E-state index is 0.112. The number of hydrogen-bond donors (Lipinski definition) is 1. The van der Waals surface area contributed by atoms with Crippen molar-refractivity contribution in [3.05, 3.63) is 95.1 Å². The van der Waals surface area contributed by atoms with Gasteiger partial charge >= 0.3 is 0 Å². The third kappa shape index (κ3) is 4.48. The molecule has 3 aromatic rings. The van der Waals surface area contributed by atoms with Gasteiger partial charge in [0.1, 0.15) is 5.75 Å². The maximum absolute atomic E-state index is 10.1. The van der Waals surface area contributed by atoms with Gasteiger partial charge in [0.25, 0.3) is 0 Å². The summed E-state index contributed by atoms with van der Waals surface area (Å²) in [4.78, 5) is 2.46. The second-order valence-corrected chi connectivity index (χ2v) is 9.27. The zero-order chi connectivity index (χ0) is 23.5. The van der Waals surface area contributed by atoms with Crippen LogP contribution in [0.2, 0.25) is 0 Å². The van der Waals surface area contributed by atoms with Gasteiger partial charge in [0, 0.05) is 38.9 Å². The molecule has 0 aromatic heterocycles. The van der Waals surface area contributed by atoms with Crippen molar-refractivity contribution in [1.82, 2.24) is 0 Å². The monoisotopic (exact) mass is 455 g/mol. The lowest BCUT2D eigenvalue weighted by molar-refractivity contribution is -0.141. The van der Waals surface area contributed by atoms with E-state index in [0.29, 0.717) is 11.7 Å². The van der Waals surface area contributed by atoms with Crippen molar-refractivity contribution in [2.24, 2.45) is 5.92 Å². The summed E-state index contributed by atoms with van der Waals surface area (Å²) < 4.78 is 11.0. The fraction of sp³-hybridized carbons (Fsp3) is 0.333. The second-order valence-electron chi connectivity index (χ2n) is 9.27. The molecule has 4 nitrogen and oxygen atoms in total. The summed E-state index contributed by atoms with van der Waals surface area (Å²) in [7, 11) is 3.45. The van der Waals surface area contributed by atoms with Crippen molar-refractivity contribution in [3.8, 4) is 5.75 Å². The topological polar surface area (TPSA) is 41.9 Å². The summed E-state index contributed by atoms with van der Waals surface area (Å²) >= 11 is 0. The molecule has 1 fully saturated rings. The number of hydrogen-bond acceptors (Lipinski definition) is 4. The smallest absolute Gasteiger partial charge is 0.159 e. The SMILES string of the molecule is COC(OC)C1CCN(c2ccc(C3=C(c4ccccc4)CCc4cc(O)ccc43)cc2)CC1. The van der Waals surface area contributed by atoms with Crippen LogP contribution < -0.4 is 4.90 Å². The molecular weight excluding hydrogens is 422 g/mol. The first kappa shape index (κ1) is 22.7. The van der Waals surface area contributed by atoms with Crippen molar-refractivity contribution < 1.29 is 14.6 Å². The van der Waals surface area contributed by atoms with E-state index in [9.17, 15) is 5.11 Å². The molecule has 1 N–H and O–H groups in total. The third-order valence-corrected chi connectivity index (χ3v) is 7.34. The molecule has 1 heterocycles. The second kappa shape index (κ2) is 10.0. The molecule has 1 aliphatic heterocycles. The number of methoxy groups -OCH3 is 2. The zero-order valence-electron chi connectivity index (χ0n) is 20.0. The van der Waals surface area contributed by atoms with E-state index in [2.05, 4.69) is 65.6 Å². The number of nitrogens with zero attached hydrogens (tertiary/aromatic N) is 1. The van der Waals surface area contributed by atoms with Crippen LogP contribution >= 0.6 is 0 Å². The Morgan fingerprint density at radius 1 is 0.824 bits per heavy atom. The van der Waals surface area contributed by atoms with Crippen molar-refractivity contribution in [2.75, 3.05) is 32.2 Å².